The number of nitrogens with zero attached hydrogens (tertiary/aromatic N) is 3. The van der Waals surface area contributed by atoms with Crippen molar-refractivity contribution in [3.05, 3.63) is 88.9 Å². The Morgan fingerprint density at radius 2 is 1.83 bits per heavy atom. The highest BCUT2D eigenvalue weighted by Crippen LogP contribution is 2.25. The van der Waals surface area contributed by atoms with Crippen molar-refractivity contribution >= 4 is 34.8 Å². The minimum atomic E-state index is -0.302. The van der Waals surface area contributed by atoms with Crippen LogP contribution in [0.2, 0.25) is 5.02 Å². The average molecular weight is 413 g/mol. The lowest BCUT2D eigenvalue weighted by atomic mass is 10.1. The third-order valence-corrected chi connectivity index (χ3v) is 4.81. The lowest BCUT2D eigenvalue weighted by Crippen LogP contribution is -2.17. The zero-order valence-corrected chi connectivity index (χ0v) is 16.7. The summed E-state index contributed by atoms with van der Waals surface area (Å²) in [7, 11) is 0. The Balaban J connectivity index is 1.52. The molecule has 4 aromatic rings. The summed E-state index contributed by atoms with van der Waals surface area (Å²) in [6, 6.07) is 22.2. The number of hydrogen-bond donors (Lipinski definition) is 1. The van der Waals surface area contributed by atoms with Gasteiger partial charge in [-0.1, -0.05) is 53.9 Å². The molecule has 0 aliphatic rings. The van der Waals surface area contributed by atoms with E-state index in [2.05, 4.69) is 16.4 Å². The largest absolute Gasteiger partial charge is 0.312 e. The molecule has 0 aliphatic heterocycles. The number of carbonyl (C=O) groups excluding carboxylic acids is 1. The predicted octanol–water partition coefficient (Wildman–Crippen LogP) is 4.75. The number of hydrazone groups is 1. The molecule has 1 amide bonds. The number of nitrogens with one attached hydrogen (secondary N) is 1. The predicted molar refractivity (Wildman–Crippen MR) is 121 cm³/mol. The molecule has 0 saturated heterocycles. The van der Waals surface area contributed by atoms with E-state index in [-0.39, 0.29) is 5.91 Å². The van der Waals surface area contributed by atoms with E-state index in [1.807, 2.05) is 53.1 Å². The van der Waals surface area contributed by atoms with Gasteiger partial charge < -0.3 is 4.57 Å². The second kappa shape index (κ2) is 8.64. The fraction of sp³-hybridized carbons (Fsp3) is 0.0417. The van der Waals surface area contributed by atoms with Crippen molar-refractivity contribution in [2.45, 2.75) is 6.54 Å². The fourth-order valence-electron chi connectivity index (χ4n) is 3.10. The number of aromatic nitrogens is 2. The molecular formula is C24H17ClN4O. The van der Waals surface area contributed by atoms with E-state index in [4.69, 9.17) is 23.0 Å². The van der Waals surface area contributed by atoms with E-state index in [1.165, 1.54) is 0 Å². The van der Waals surface area contributed by atoms with Crippen LogP contribution in [0.25, 0.3) is 22.4 Å². The van der Waals surface area contributed by atoms with Crippen LogP contribution in [0, 0.1) is 12.3 Å². The molecular weight excluding hydrogens is 396 g/mol. The summed E-state index contributed by atoms with van der Waals surface area (Å²) < 4.78 is 1.99. The van der Waals surface area contributed by atoms with Crippen molar-refractivity contribution in [3.63, 3.8) is 0 Å². The third-order valence-electron chi connectivity index (χ3n) is 4.56. The molecule has 1 aromatic heterocycles. The molecule has 5 nitrogen and oxygen atoms in total. The van der Waals surface area contributed by atoms with Gasteiger partial charge in [-0.25, -0.2) is 10.4 Å². The maximum atomic E-state index is 12.4. The Bertz CT molecular complexity index is 1270. The van der Waals surface area contributed by atoms with Gasteiger partial charge in [0.2, 0.25) is 0 Å². The number of rotatable bonds is 5. The molecule has 30 heavy (non-hydrogen) atoms. The smallest absolute Gasteiger partial charge is 0.271 e. The van der Waals surface area contributed by atoms with E-state index in [1.54, 1.807) is 30.5 Å². The molecule has 0 bridgehead atoms. The zero-order chi connectivity index (χ0) is 20.9. The van der Waals surface area contributed by atoms with Crippen molar-refractivity contribution in [1.82, 2.24) is 15.0 Å². The lowest BCUT2D eigenvalue weighted by Gasteiger charge is -2.06. The molecule has 3 aromatic carbocycles. The number of fused-ring (bicyclic) bond motifs is 1. The highest BCUT2D eigenvalue weighted by molar-refractivity contribution is 6.30. The first-order valence-electron chi connectivity index (χ1n) is 9.24. The molecule has 0 radical (unpaired) electrons. The van der Waals surface area contributed by atoms with Gasteiger partial charge >= 0.3 is 0 Å². The fourth-order valence-corrected chi connectivity index (χ4v) is 3.22. The monoisotopic (exact) mass is 412 g/mol. The Morgan fingerprint density at radius 1 is 1.10 bits per heavy atom. The Hall–Kier alpha value is -3.88. The van der Waals surface area contributed by atoms with Gasteiger partial charge in [0.1, 0.15) is 5.82 Å². The van der Waals surface area contributed by atoms with Crippen LogP contribution in [0.5, 0.6) is 0 Å². The lowest BCUT2D eigenvalue weighted by molar-refractivity contribution is 0.0955. The van der Waals surface area contributed by atoms with Crippen LogP contribution in [-0.2, 0) is 6.54 Å². The summed E-state index contributed by atoms with van der Waals surface area (Å²) >= 11 is 5.85. The molecule has 0 unspecified atom stereocenters. The number of imidazole rings is 1. The third kappa shape index (κ3) is 4.09. The van der Waals surface area contributed by atoms with Gasteiger partial charge in [-0.3, -0.25) is 4.79 Å². The Morgan fingerprint density at radius 3 is 2.57 bits per heavy atom. The standard InChI is InChI=1S/C24H17ClN4O/c1-2-15-29-22-6-4-3-5-21(22)27-23(29)18-9-11-19(12-10-18)24(30)28-26-16-17-7-13-20(25)14-8-17/h1,3-14,16H,15H2,(H,28,30)/b26-16+. The normalized spacial score (nSPS) is 10.9. The summed E-state index contributed by atoms with van der Waals surface area (Å²) in [5.74, 6) is 3.14. The first-order chi connectivity index (χ1) is 14.7. The van der Waals surface area contributed by atoms with Gasteiger partial charge in [0.25, 0.3) is 5.91 Å². The molecule has 0 aliphatic carbocycles. The maximum Gasteiger partial charge on any atom is 0.271 e. The minimum Gasteiger partial charge on any atom is -0.312 e. The highest BCUT2D eigenvalue weighted by Gasteiger charge is 2.12. The summed E-state index contributed by atoms with van der Waals surface area (Å²) in [4.78, 5) is 17.1. The quantitative estimate of drug-likeness (QED) is 0.292. The number of amides is 1. The van der Waals surface area contributed by atoms with Crippen LogP contribution >= 0.6 is 11.6 Å². The van der Waals surface area contributed by atoms with Gasteiger partial charge in [-0.15, -0.1) is 6.42 Å². The molecule has 0 saturated carbocycles. The maximum absolute atomic E-state index is 12.4. The second-order valence-electron chi connectivity index (χ2n) is 6.54. The highest BCUT2D eigenvalue weighted by atomic mass is 35.5. The van der Waals surface area contributed by atoms with E-state index in [9.17, 15) is 4.79 Å². The number of carbonyl (C=O) groups is 1. The van der Waals surface area contributed by atoms with Crippen LogP contribution < -0.4 is 5.43 Å². The summed E-state index contributed by atoms with van der Waals surface area (Å²) in [5, 5.41) is 4.63. The van der Waals surface area contributed by atoms with Crippen molar-refractivity contribution in [3.8, 4) is 23.7 Å². The van der Waals surface area contributed by atoms with Crippen LogP contribution in [0.4, 0.5) is 0 Å². The molecule has 1 heterocycles. The van der Waals surface area contributed by atoms with Crippen molar-refractivity contribution in [2.75, 3.05) is 0 Å². The second-order valence-corrected chi connectivity index (χ2v) is 6.98. The molecule has 0 fully saturated rings. The Labute approximate surface area is 179 Å². The van der Waals surface area contributed by atoms with Crippen LogP contribution in [-0.4, -0.2) is 21.7 Å². The number of para-hydroxylation sites is 2. The van der Waals surface area contributed by atoms with Gasteiger partial charge in [-0.2, -0.15) is 5.10 Å². The van der Waals surface area contributed by atoms with E-state index < -0.39 is 0 Å². The number of benzene rings is 3. The first kappa shape index (κ1) is 19.4. The van der Waals surface area contributed by atoms with Crippen LogP contribution in [0.3, 0.4) is 0 Å². The van der Waals surface area contributed by atoms with Gasteiger partial charge in [0.15, 0.2) is 0 Å². The van der Waals surface area contributed by atoms with Crippen molar-refractivity contribution in [1.29, 1.82) is 0 Å². The molecule has 4 rings (SSSR count). The molecule has 0 spiro atoms. The Kier molecular flexibility index (Phi) is 5.60. The molecule has 1 N–H and O–H groups in total. The van der Waals surface area contributed by atoms with Crippen LogP contribution in [0.1, 0.15) is 15.9 Å². The molecule has 6 heteroatoms. The number of halogens is 1. The number of hydrogen-bond acceptors (Lipinski definition) is 3. The molecule has 146 valence electrons. The van der Waals surface area contributed by atoms with E-state index in [0.29, 0.717) is 17.1 Å². The zero-order valence-electron chi connectivity index (χ0n) is 15.9. The van der Waals surface area contributed by atoms with E-state index >= 15 is 0 Å². The van der Waals surface area contributed by atoms with Crippen molar-refractivity contribution in [2.24, 2.45) is 5.10 Å². The first-order valence-corrected chi connectivity index (χ1v) is 9.61. The van der Waals surface area contributed by atoms with Gasteiger partial charge in [-0.05, 0) is 42.0 Å². The van der Waals surface area contributed by atoms with Crippen LogP contribution in [0.15, 0.2) is 77.9 Å². The summed E-state index contributed by atoms with van der Waals surface area (Å²) in [5.41, 5.74) is 6.58. The van der Waals surface area contributed by atoms with Gasteiger partial charge in [0, 0.05) is 16.1 Å². The molecule has 0 atom stereocenters. The summed E-state index contributed by atoms with van der Waals surface area (Å²) in [6.07, 6.45) is 7.11. The number of terminal acetylenes is 1. The average Bonchev–Trinajstić information content (AvgIpc) is 3.14. The minimum absolute atomic E-state index is 0.302. The van der Waals surface area contributed by atoms with E-state index in [0.717, 1.165) is 28.0 Å². The van der Waals surface area contributed by atoms with Crippen molar-refractivity contribution < 1.29 is 4.79 Å². The SMILES string of the molecule is C#CCn1c(-c2ccc(C(=O)N/N=C/c3ccc(Cl)cc3)cc2)nc2ccccc21. The topological polar surface area (TPSA) is 59.3 Å². The summed E-state index contributed by atoms with van der Waals surface area (Å²) in [6.45, 7) is 0.414. The van der Waals surface area contributed by atoms with Gasteiger partial charge in [0.05, 0.1) is 23.8 Å².